The number of ether oxygens (including phenoxy) is 2. The highest BCUT2D eigenvalue weighted by molar-refractivity contribution is 5.67. The van der Waals surface area contributed by atoms with Gasteiger partial charge in [-0.15, -0.1) is 0 Å². The van der Waals surface area contributed by atoms with E-state index in [4.69, 9.17) is 4.74 Å². The Kier molecular flexibility index (Phi) is 9.47. The molecular weight excluding hydrogens is 194 g/mol. The van der Waals surface area contributed by atoms with Crippen LogP contribution < -0.4 is 5.32 Å². The number of hydrogen-bond donors (Lipinski definition) is 1. The minimum Gasteiger partial charge on any atom is -0.453 e. The third-order valence-electron chi connectivity index (χ3n) is 2.21. The molecule has 0 aromatic rings. The minimum atomic E-state index is -0.406. The Morgan fingerprint density at radius 3 is 2.13 bits per heavy atom. The fourth-order valence-electron chi connectivity index (χ4n) is 0.928. The second-order valence-corrected chi connectivity index (χ2v) is 3.78. The van der Waals surface area contributed by atoms with Crippen LogP contribution in [-0.2, 0) is 9.47 Å². The third-order valence-corrected chi connectivity index (χ3v) is 2.21. The van der Waals surface area contributed by atoms with E-state index >= 15 is 0 Å². The summed E-state index contributed by atoms with van der Waals surface area (Å²) >= 11 is 0. The first-order valence-electron chi connectivity index (χ1n) is 5.27. The number of alkyl carbamates (subject to hydrolysis) is 1. The quantitative estimate of drug-likeness (QED) is 0.790. The van der Waals surface area contributed by atoms with Crippen LogP contribution in [0.4, 0.5) is 4.79 Å². The van der Waals surface area contributed by atoms with Gasteiger partial charge in [-0.1, -0.05) is 27.7 Å². The molecule has 0 bridgehead atoms. The van der Waals surface area contributed by atoms with Gasteiger partial charge in [-0.05, 0) is 6.92 Å². The average molecular weight is 219 g/mol. The van der Waals surface area contributed by atoms with Crippen molar-refractivity contribution >= 4 is 6.09 Å². The second kappa shape index (κ2) is 8.53. The summed E-state index contributed by atoms with van der Waals surface area (Å²) in [6.45, 7) is 10.6. The largest absolute Gasteiger partial charge is 0.453 e. The highest BCUT2D eigenvalue weighted by Gasteiger charge is 2.27. The molecule has 1 atom stereocenters. The van der Waals surface area contributed by atoms with Crippen LogP contribution in [0.3, 0.4) is 0 Å². The van der Waals surface area contributed by atoms with Gasteiger partial charge in [0.15, 0.2) is 0 Å². The first-order chi connectivity index (χ1) is 6.94. The van der Waals surface area contributed by atoms with E-state index in [2.05, 4.69) is 10.1 Å². The molecule has 0 aliphatic rings. The second-order valence-electron chi connectivity index (χ2n) is 3.78. The summed E-state index contributed by atoms with van der Waals surface area (Å²) in [4.78, 5) is 10.9. The van der Waals surface area contributed by atoms with Gasteiger partial charge < -0.3 is 14.8 Å². The van der Waals surface area contributed by atoms with Crippen LogP contribution in [0.2, 0.25) is 0 Å². The topological polar surface area (TPSA) is 47.6 Å². The first-order valence-corrected chi connectivity index (χ1v) is 5.27. The Morgan fingerprint density at radius 1 is 1.33 bits per heavy atom. The van der Waals surface area contributed by atoms with Crippen molar-refractivity contribution in [1.29, 1.82) is 0 Å². The fourth-order valence-corrected chi connectivity index (χ4v) is 0.928. The Hall–Kier alpha value is -0.770. The maximum atomic E-state index is 10.9. The molecule has 0 spiro atoms. The highest BCUT2D eigenvalue weighted by Crippen LogP contribution is 2.20. The number of nitrogens with one attached hydrogen (secondary N) is 1. The average Bonchev–Trinajstić information content (AvgIpc) is 2.20. The summed E-state index contributed by atoms with van der Waals surface area (Å²) in [7, 11) is 3.00. The van der Waals surface area contributed by atoms with E-state index in [9.17, 15) is 4.79 Å². The van der Waals surface area contributed by atoms with E-state index in [0.29, 0.717) is 6.61 Å². The van der Waals surface area contributed by atoms with Gasteiger partial charge in [0.2, 0.25) is 0 Å². The Labute approximate surface area is 93.3 Å². The van der Waals surface area contributed by atoms with Crippen LogP contribution in [0.15, 0.2) is 0 Å². The Morgan fingerprint density at radius 2 is 1.80 bits per heavy atom. The third kappa shape index (κ3) is 7.19. The SMILES string of the molecule is CC.COCC(C)(C)C(C)NC(=O)OC. The molecule has 0 aliphatic carbocycles. The predicted octanol–water partition coefficient (Wildman–Crippen LogP) is 2.43. The molecule has 0 saturated carbocycles. The molecule has 0 radical (unpaired) electrons. The summed E-state index contributed by atoms with van der Waals surface area (Å²) in [6.07, 6.45) is -0.406. The molecule has 92 valence electrons. The zero-order valence-electron chi connectivity index (χ0n) is 11.0. The highest BCUT2D eigenvalue weighted by atomic mass is 16.5. The van der Waals surface area contributed by atoms with Crippen LogP contribution in [0.25, 0.3) is 0 Å². The summed E-state index contributed by atoms with van der Waals surface area (Å²) in [5, 5.41) is 2.71. The predicted molar refractivity (Wildman–Crippen MR) is 62.0 cm³/mol. The smallest absolute Gasteiger partial charge is 0.407 e. The van der Waals surface area contributed by atoms with Crippen molar-refractivity contribution in [1.82, 2.24) is 5.32 Å². The molecule has 1 unspecified atom stereocenters. The lowest BCUT2D eigenvalue weighted by Gasteiger charge is -2.30. The molecule has 0 aromatic heterocycles. The molecule has 0 heterocycles. The van der Waals surface area contributed by atoms with Crippen LogP contribution in [0.5, 0.6) is 0 Å². The summed E-state index contributed by atoms with van der Waals surface area (Å²) in [6, 6.07) is 0.0138. The van der Waals surface area contributed by atoms with Crippen molar-refractivity contribution in [3.63, 3.8) is 0 Å². The lowest BCUT2D eigenvalue weighted by molar-refractivity contribution is 0.0764. The van der Waals surface area contributed by atoms with Crippen molar-refractivity contribution in [3.05, 3.63) is 0 Å². The van der Waals surface area contributed by atoms with E-state index in [0.717, 1.165) is 0 Å². The van der Waals surface area contributed by atoms with Crippen molar-refractivity contribution < 1.29 is 14.3 Å². The molecular formula is C11H25NO3. The number of methoxy groups -OCH3 is 2. The molecule has 1 N–H and O–H groups in total. The minimum absolute atomic E-state index is 0.0138. The number of amides is 1. The number of hydrogen-bond acceptors (Lipinski definition) is 3. The van der Waals surface area contributed by atoms with Crippen LogP contribution in [0.1, 0.15) is 34.6 Å². The normalized spacial score (nSPS) is 12.2. The van der Waals surface area contributed by atoms with Crippen LogP contribution >= 0.6 is 0 Å². The zero-order chi connectivity index (χ0) is 12.5. The maximum absolute atomic E-state index is 10.9. The zero-order valence-corrected chi connectivity index (χ0v) is 11.0. The summed E-state index contributed by atoms with van der Waals surface area (Å²) in [5.74, 6) is 0. The standard InChI is InChI=1S/C9H19NO3.C2H6/c1-7(10-8(11)13-5)9(2,3)6-12-4;1-2/h7H,6H2,1-5H3,(H,10,11);1-2H3. The lowest BCUT2D eigenvalue weighted by Crippen LogP contribution is -2.45. The van der Waals surface area contributed by atoms with Gasteiger partial charge in [-0.3, -0.25) is 0 Å². The maximum Gasteiger partial charge on any atom is 0.407 e. The molecule has 0 fully saturated rings. The van der Waals surface area contributed by atoms with Gasteiger partial charge in [0.1, 0.15) is 0 Å². The molecule has 0 aromatic carbocycles. The lowest BCUT2D eigenvalue weighted by atomic mass is 9.86. The van der Waals surface area contributed by atoms with E-state index in [-0.39, 0.29) is 11.5 Å². The van der Waals surface area contributed by atoms with Gasteiger partial charge in [-0.25, -0.2) is 4.79 Å². The van der Waals surface area contributed by atoms with E-state index in [1.165, 1.54) is 7.11 Å². The number of carbonyl (C=O) groups is 1. The van der Waals surface area contributed by atoms with Gasteiger partial charge in [0.25, 0.3) is 0 Å². The fraction of sp³-hybridized carbons (Fsp3) is 0.909. The van der Waals surface area contributed by atoms with Crippen LogP contribution in [0, 0.1) is 5.41 Å². The van der Waals surface area contributed by atoms with Gasteiger partial charge in [-0.2, -0.15) is 0 Å². The van der Waals surface area contributed by atoms with Crippen LogP contribution in [-0.4, -0.2) is 33.0 Å². The summed E-state index contributed by atoms with van der Waals surface area (Å²) in [5.41, 5.74) is -0.0943. The summed E-state index contributed by atoms with van der Waals surface area (Å²) < 4.78 is 9.55. The molecule has 4 nitrogen and oxygen atoms in total. The van der Waals surface area contributed by atoms with Crippen molar-refractivity contribution in [2.24, 2.45) is 5.41 Å². The van der Waals surface area contributed by atoms with Crippen molar-refractivity contribution in [2.75, 3.05) is 20.8 Å². The molecule has 1 amide bonds. The Balaban J connectivity index is 0. The van der Waals surface area contributed by atoms with Crippen molar-refractivity contribution in [2.45, 2.75) is 40.7 Å². The molecule has 4 heteroatoms. The van der Waals surface area contributed by atoms with E-state index < -0.39 is 6.09 Å². The molecule has 0 saturated heterocycles. The number of carbonyl (C=O) groups excluding carboxylic acids is 1. The van der Waals surface area contributed by atoms with Gasteiger partial charge in [0, 0.05) is 18.6 Å². The van der Waals surface area contributed by atoms with E-state index in [1.807, 2.05) is 34.6 Å². The number of rotatable bonds is 4. The van der Waals surface area contributed by atoms with Crippen molar-refractivity contribution in [3.8, 4) is 0 Å². The van der Waals surface area contributed by atoms with Gasteiger partial charge >= 0.3 is 6.09 Å². The van der Waals surface area contributed by atoms with Gasteiger partial charge in [0.05, 0.1) is 13.7 Å². The first kappa shape index (κ1) is 16.7. The molecule has 15 heavy (non-hydrogen) atoms. The van der Waals surface area contributed by atoms with E-state index in [1.54, 1.807) is 7.11 Å². The molecule has 0 rings (SSSR count). The molecule has 0 aliphatic heterocycles. The Bertz CT molecular complexity index is 169. The monoisotopic (exact) mass is 219 g/mol.